The molecule has 1 nitrogen and oxygen atoms in total. The van der Waals surface area contributed by atoms with Crippen LogP contribution in [0.2, 0.25) is 0 Å². The molecular weight excluding hydrogens is 122 g/mol. The summed E-state index contributed by atoms with van der Waals surface area (Å²) in [5.41, 5.74) is 0. The van der Waals surface area contributed by atoms with Crippen molar-refractivity contribution in [2.24, 2.45) is 5.92 Å². The standard InChI is InChI=1S/C9H18N/c1-2-3-5-9-6-4-7-10-8-9/h9-10H,1-8H2. The van der Waals surface area contributed by atoms with E-state index in [9.17, 15) is 0 Å². The predicted octanol–water partition coefficient (Wildman–Crippen LogP) is 1.99. The van der Waals surface area contributed by atoms with Gasteiger partial charge in [0, 0.05) is 0 Å². The molecule has 1 fully saturated rings. The fourth-order valence-electron chi connectivity index (χ4n) is 1.60. The summed E-state index contributed by atoms with van der Waals surface area (Å²) in [5.74, 6) is 0.954. The lowest BCUT2D eigenvalue weighted by Gasteiger charge is -2.22. The minimum Gasteiger partial charge on any atom is -0.316 e. The molecule has 0 aromatic heterocycles. The normalized spacial score (nSPS) is 26.7. The lowest BCUT2D eigenvalue weighted by Crippen LogP contribution is -2.29. The van der Waals surface area contributed by atoms with Crippen molar-refractivity contribution in [1.29, 1.82) is 0 Å². The van der Waals surface area contributed by atoms with E-state index >= 15 is 0 Å². The van der Waals surface area contributed by atoms with Crippen molar-refractivity contribution < 1.29 is 0 Å². The van der Waals surface area contributed by atoms with E-state index in [0.29, 0.717) is 0 Å². The molecule has 1 heterocycles. The first kappa shape index (κ1) is 8.06. The quantitative estimate of drug-likeness (QED) is 0.632. The van der Waals surface area contributed by atoms with Gasteiger partial charge in [0.1, 0.15) is 0 Å². The number of piperidine rings is 1. The summed E-state index contributed by atoms with van der Waals surface area (Å²) in [6.45, 7) is 6.34. The smallest absolute Gasteiger partial charge is 0.00205 e. The van der Waals surface area contributed by atoms with Crippen molar-refractivity contribution in [2.45, 2.75) is 32.1 Å². The number of unbranched alkanes of at least 4 members (excludes halogenated alkanes) is 1. The van der Waals surface area contributed by atoms with E-state index in [1.165, 1.54) is 38.8 Å². The Morgan fingerprint density at radius 1 is 1.50 bits per heavy atom. The van der Waals surface area contributed by atoms with Gasteiger partial charge in [-0.1, -0.05) is 19.8 Å². The van der Waals surface area contributed by atoms with Crippen LogP contribution in [-0.2, 0) is 0 Å². The first-order chi connectivity index (χ1) is 4.93. The molecule has 1 atom stereocenters. The summed E-state index contributed by atoms with van der Waals surface area (Å²) in [5, 5.41) is 3.42. The molecule has 0 saturated carbocycles. The van der Waals surface area contributed by atoms with E-state index in [1.807, 2.05) is 0 Å². The van der Waals surface area contributed by atoms with Gasteiger partial charge in [-0.15, -0.1) is 0 Å². The van der Waals surface area contributed by atoms with Gasteiger partial charge in [0.05, 0.1) is 0 Å². The maximum Gasteiger partial charge on any atom is -0.00205 e. The van der Waals surface area contributed by atoms with E-state index < -0.39 is 0 Å². The topological polar surface area (TPSA) is 12.0 Å². The number of nitrogens with one attached hydrogen (secondary N) is 1. The molecule has 1 saturated heterocycles. The maximum atomic E-state index is 3.85. The van der Waals surface area contributed by atoms with E-state index in [2.05, 4.69) is 12.2 Å². The van der Waals surface area contributed by atoms with Crippen molar-refractivity contribution in [2.75, 3.05) is 13.1 Å². The fourth-order valence-corrected chi connectivity index (χ4v) is 1.60. The lowest BCUT2D eigenvalue weighted by atomic mass is 9.94. The molecule has 0 aromatic rings. The zero-order chi connectivity index (χ0) is 7.23. The summed E-state index contributed by atoms with van der Waals surface area (Å²) in [6.07, 6.45) is 6.62. The largest absolute Gasteiger partial charge is 0.316 e. The van der Waals surface area contributed by atoms with Crippen LogP contribution >= 0.6 is 0 Å². The monoisotopic (exact) mass is 140 g/mol. The van der Waals surface area contributed by atoms with E-state index in [-0.39, 0.29) is 0 Å². The minimum absolute atomic E-state index is 0.954. The molecular formula is C9H18N. The third-order valence-electron chi connectivity index (χ3n) is 2.26. The molecule has 1 N–H and O–H groups in total. The van der Waals surface area contributed by atoms with E-state index in [0.717, 1.165) is 12.3 Å². The zero-order valence-corrected chi connectivity index (χ0v) is 6.73. The second-order valence-electron chi connectivity index (χ2n) is 3.21. The highest BCUT2D eigenvalue weighted by Gasteiger charge is 2.10. The first-order valence-electron chi connectivity index (χ1n) is 4.43. The Balaban J connectivity index is 2.02. The average molecular weight is 140 g/mol. The number of hydrogen-bond donors (Lipinski definition) is 1. The van der Waals surface area contributed by atoms with E-state index in [1.54, 1.807) is 0 Å². The molecule has 10 heavy (non-hydrogen) atoms. The van der Waals surface area contributed by atoms with Crippen LogP contribution in [0.4, 0.5) is 0 Å². The van der Waals surface area contributed by atoms with Crippen LogP contribution in [0.1, 0.15) is 32.1 Å². The van der Waals surface area contributed by atoms with Gasteiger partial charge >= 0.3 is 0 Å². The maximum absolute atomic E-state index is 3.85. The summed E-state index contributed by atoms with van der Waals surface area (Å²) in [4.78, 5) is 0. The fraction of sp³-hybridized carbons (Fsp3) is 0.889. The SMILES string of the molecule is [CH2]CCCC1CCCNC1. The van der Waals surface area contributed by atoms with Crippen molar-refractivity contribution in [1.82, 2.24) is 5.32 Å². The molecule has 0 bridgehead atoms. The third-order valence-corrected chi connectivity index (χ3v) is 2.26. The zero-order valence-electron chi connectivity index (χ0n) is 6.73. The van der Waals surface area contributed by atoms with Crippen molar-refractivity contribution in [3.63, 3.8) is 0 Å². The van der Waals surface area contributed by atoms with Crippen molar-refractivity contribution in [3.8, 4) is 0 Å². The highest BCUT2D eigenvalue weighted by Crippen LogP contribution is 2.16. The Labute approximate surface area is 64.2 Å². The molecule has 0 amide bonds. The Hall–Kier alpha value is -0.0400. The van der Waals surface area contributed by atoms with Gasteiger partial charge in [-0.05, 0) is 38.3 Å². The first-order valence-corrected chi connectivity index (χ1v) is 4.43. The van der Waals surface area contributed by atoms with E-state index in [4.69, 9.17) is 0 Å². The number of hydrogen-bond acceptors (Lipinski definition) is 1. The molecule has 0 aliphatic carbocycles. The van der Waals surface area contributed by atoms with Gasteiger partial charge in [-0.25, -0.2) is 0 Å². The van der Waals surface area contributed by atoms with Gasteiger partial charge in [0.15, 0.2) is 0 Å². The van der Waals surface area contributed by atoms with Crippen LogP contribution < -0.4 is 5.32 Å². The van der Waals surface area contributed by atoms with Crippen molar-refractivity contribution in [3.05, 3.63) is 6.92 Å². The molecule has 1 aliphatic rings. The van der Waals surface area contributed by atoms with Crippen molar-refractivity contribution >= 4 is 0 Å². The average Bonchev–Trinajstić information content (AvgIpc) is 2.03. The summed E-state index contributed by atoms with van der Waals surface area (Å²) >= 11 is 0. The Morgan fingerprint density at radius 3 is 3.00 bits per heavy atom. The van der Waals surface area contributed by atoms with Gasteiger partial charge in [0.2, 0.25) is 0 Å². The molecule has 1 radical (unpaired) electrons. The molecule has 1 rings (SSSR count). The van der Waals surface area contributed by atoms with Crippen LogP contribution in [0.3, 0.4) is 0 Å². The predicted molar refractivity (Wildman–Crippen MR) is 44.8 cm³/mol. The van der Waals surface area contributed by atoms with Gasteiger partial charge in [-0.2, -0.15) is 0 Å². The van der Waals surface area contributed by atoms with Crippen LogP contribution in [0.25, 0.3) is 0 Å². The Kier molecular flexibility index (Phi) is 3.81. The third kappa shape index (κ3) is 2.70. The highest BCUT2D eigenvalue weighted by atomic mass is 14.9. The van der Waals surface area contributed by atoms with Gasteiger partial charge < -0.3 is 5.32 Å². The Bertz CT molecular complexity index is 74.8. The van der Waals surface area contributed by atoms with Crippen LogP contribution in [0.15, 0.2) is 0 Å². The minimum atomic E-state index is 0.954. The molecule has 0 aromatic carbocycles. The molecule has 0 spiro atoms. The second-order valence-corrected chi connectivity index (χ2v) is 3.21. The van der Waals surface area contributed by atoms with Crippen LogP contribution in [0.5, 0.6) is 0 Å². The summed E-state index contributed by atoms with van der Waals surface area (Å²) < 4.78 is 0. The Morgan fingerprint density at radius 2 is 2.40 bits per heavy atom. The van der Waals surface area contributed by atoms with Gasteiger partial charge in [0.25, 0.3) is 0 Å². The molecule has 1 unspecified atom stereocenters. The molecule has 1 aliphatic heterocycles. The summed E-state index contributed by atoms with van der Waals surface area (Å²) in [7, 11) is 0. The van der Waals surface area contributed by atoms with Crippen LogP contribution in [-0.4, -0.2) is 13.1 Å². The number of rotatable bonds is 3. The second kappa shape index (κ2) is 4.73. The molecule has 1 heteroatoms. The van der Waals surface area contributed by atoms with Crippen LogP contribution in [0, 0.1) is 12.8 Å². The molecule has 59 valence electrons. The summed E-state index contributed by atoms with van der Waals surface area (Å²) in [6, 6.07) is 0. The van der Waals surface area contributed by atoms with Gasteiger partial charge in [-0.3, -0.25) is 0 Å². The lowest BCUT2D eigenvalue weighted by molar-refractivity contribution is 0.351. The highest BCUT2D eigenvalue weighted by molar-refractivity contribution is 4.68.